The Labute approximate surface area is 148 Å². The number of aliphatic hydroxyl groups excluding tert-OH is 2. The number of ether oxygens (including phenoxy) is 1. The zero-order valence-corrected chi connectivity index (χ0v) is 14.7. The van der Waals surface area contributed by atoms with Crippen LogP contribution in [0.25, 0.3) is 0 Å². The Hall–Kier alpha value is -1.63. The highest BCUT2D eigenvalue weighted by molar-refractivity contribution is 5.76. The zero-order chi connectivity index (χ0) is 17.8. The Morgan fingerprint density at radius 2 is 1.76 bits per heavy atom. The molecule has 138 valence electrons. The smallest absolute Gasteiger partial charge is 0.221 e. The van der Waals surface area contributed by atoms with E-state index in [-0.39, 0.29) is 5.91 Å². The second-order valence-corrected chi connectivity index (χ2v) is 7.26. The fraction of sp³-hybridized carbons (Fsp3) is 0.632. The first-order valence-electron chi connectivity index (χ1n) is 9.03. The van der Waals surface area contributed by atoms with Crippen LogP contribution in [0.15, 0.2) is 24.3 Å². The van der Waals surface area contributed by atoms with Crippen molar-refractivity contribution in [2.24, 2.45) is 11.8 Å². The van der Waals surface area contributed by atoms with Crippen LogP contribution >= 0.6 is 0 Å². The van der Waals surface area contributed by atoms with E-state index in [4.69, 9.17) is 4.74 Å². The van der Waals surface area contributed by atoms with Gasteiger partial charge >= 0.3 is 0 Å². The fourth-order valence-electron chi connectivity index (χ4n) is 3.98. The number of likely N-dealkylation sites (tertiary alicyclic amines) is 1. The van der Waals surface area contributed by atoms with Gasteiger partial charge in [-0.2, -0.15) is 0 Å². The minimum absolute atomic E-state index is 0.0470. The summed E-state index contributed by atoms with van der Waals surface area (Å²) in [5, 5.41) is 22.6. The van der Waals surface area contributed by atoms with Gasteiger partial charge in [0.1, 0.15) is 5.75 Å². The number of hydrogen-bond acceptors (Lipinski definition) is 5. The number of carbonyl (C=O) groups is 1. The van der Waals surface area contributed by atoms with E-state index in [2.05, 4.69) is 10.2 Å². The average molecular weight is 348 g/mol. The molecule has 4 atom stereocenters. The van der Waals surface area contributed by atoms with E-state index in [0.29, 0.717) is 37.6 Å². The first kappa shape index (κ1) is 18.2. The van der Waals surface area contributed by atoms with E-state index in [0.717, 1.165) is 30.9 Å². The highest BCUT2D eigenvalue weighted by Gasteiger charge is 2.40. The molecule has 0 bridgehead atoms. The van der Waals surface area contributed by atoms with Gasteiger partial charge < -0.3 is 25.2 Å². The molecule has 2 fully saturated rings. The molecule has 1 aliphatic carbocycles. The van der Waals surface area contributed by atoms with E-state index in [1.807, 2.05) is 24.3 Å². The number of amides is 1. The van der Waals surface area contributed by atoms with Gasteiger partial charge in [-0.25, -0.2) is 0 Å². The molecule has 3 rings (SSSR count). The largest absolute Gasteiger partial charge is 0.497 e. The maximum atomic E-state index is 12.1. The molecule has 25 heavy (non-hydrogen) atoms. The van der Waals surface area contributed by atoms with Gasteiger partial charge in [0.25, 0.3) is 0 Å². The summed E-state index contributed by atoms with van der Waals surface area (Å²) in [5.74, 6) is 1.74. The summed E-state index contributed by atoms with van der Waals surface area (Å²) in [6.45, 7) is 3.08. The van der Waals surface area contributed by atoms with E-state index in [1.165, 1.54) is 0 Å². The third kappa shape index (κ3) is 4.71. The van der Waals surface area contributed by atoms with Gasteiger partial charge in [-0.1, -0.05) is 12.1 Å². The summed E-state index contributed by atoms with van der Waals surface area (Å²) >= 11 is 0. The molecule has 0 spiro atoms. The third-order valence-corrected chi connectivity index (χ3v) is 5.49. The van der Waals surface area contributed by atoms with Crippen LogP contribution in [0.1, 0.15) is 24.8 Å². The fourth-order valence-corrected chi connectivity index (χ4v) is 3.98. The Balaban J connectivity index is 1.38. The molecule has 1 saturated carbocycles. The Kier molecular flexibility index (Phi) is 5.93. The lowest BCUT2D eigenvalue weighted by Crippen LogP contribution is -2.38. The lowest BCUT2D eigenvalue weighted by Gasteiger charge is -2.32. The van der Waals surface area contributed by atoms with Crippen molar-refractivity contribution in [1.29, 1.82) is 0 Å². The van der Waals surface area contributed by atoms with Crippen LogP contribution in [-0.4, -0.2) is 60.0 Å². The van der Waals surface area contributed by atoms with E-state index < -0.39 is 12.2 Å². The molecule has 0 radical (unpaired) electrons. The average Bonchev–Trinajstić information content (AvgIpc) is 3.00. The highest BCUT2D eigenvalue weighted by atomic mass is 16.5. The van der Waals surface area contributed by atoms with Crippen molar-refractivity contribution in [3.63, 3.8) is 0 Å². The van der Waals surface area contributed by atoms with Gasteiger partial charge in [-0.05, 0) is 42.4 Å². The predicted molar refractivity (Wildman–Crippen MR) is 94.1 cm³/mol. The number of nitrogens with one attached hydrogen (secondary N) is 1. The highest BCUT2D eigenvalue weighted by Crippen LogP contribution is 2.36. The van der Waals surface area contributed by atoms with E-state index in [1.54, 1.807) is 7.11 Å². The van der Waals surface area contributed by atoms with Crippen molar-refractivity contribution >= 4 is 5.91 Å². The normalized spacial score (nSPS) is 29.2. The van der Waals surface area contributed by atoms with Gasteiger partial charge in [0.05, 0.1) is 19.3 Å². The van der Waals surface area contributed by atoms with Crippen LogP contribution in [0, 0.1) is 11.8 Å². The molecule has 1 aliphatic heterocycles. The summed E-state index contributed by atoms with van der Waals surface area (Å²) in [5.41, 5.74) is 1.05. The van der Waals surface area contributed by atoms with Crippen molar-refractivity contribution in [3.05, 3.63) is 29.8 Å². The van der Waals surface area contributed by atoms with Gasteiger partial charge in [0.2, 0.25) is 5.91 Å². The van der Waals surface area contributed by atoms with Crippen molar-refractivity contribution in [2.45, 2.75) is 38.0 Å². The predicted octanol–water partition coefficient (Wildman–Crippen LogP) is 0.765. The Bertz CT molecular complexity index is 559. The lowest BCUT2D eigenvalue weighted by atomic mass is 9.79. The van der Waals surface area contributed by atoms with Crippen LogP contribution in [0.2, 0.25) is 0 Å². The van der Waals surface area contributed by atoms with Gasteiger partial charge in [0.15, 0.2) is 0 Å². The first-order chi connectivity index (χ1) is 12.0. The van der Waals surface area contributed by atoms with Gasteiger partial charge in [-0.15, -0.1) is 0 Å². The number of methoxy groups -OCH3 is 1. The number of nitrogens with zero attached hydrogens (tertiary/aromatic N) is 1. The molecule has 1 saturated heterocycles. The minimum Gasteiger partial charge on any atom is -0.497 e. The summed E-state index contributed by atoms with van der Waals surface area (Å²) in [4.78, 5) is 14.4. The second-order valence-electron chi connectivity index (χ2n) is 7.26. The lowest BCUT2D eigenvalue weighted by molar-refractivity contribution is -0.121. The summed E-state index contributed by atoms with van der Waals surface area (Å²) < 4.78 is 5.12. The molecular formula is C19H28N2O4. The standard InChI is InChI=1S/C19H28N2O4/c1-25-16-4-2-13(3-5-16)10-20-19(24)6-7-21-11-14-8-17(22)18(23)9-15(14)12-21/h2-5,14-15,17-18,22-23H,6-12H2,1H3,(H,20,24)/t14-,15+,17+,18-. The van der Waals surface area contributed by atoms with E-state index in [9.17, 15) is 15.0 Å². The number of aliphatic hydroxyl groups is 2. The summed E-state index contributed by atoms with van der Waals surface area (Å²) in [6, 6.07) is 7.66. The molecule has 0 unspecified atom stereocenters. The maximum Gasteiger partial charge on any atom is 0.221 e. The van der Waals surface area contributed by atoms with Crippen molar-refractivity contribution < 1.29 is 19.7 Å². The zero-order valence-electron chi connectivity index (χ0n) is 14.7. The Morgan fingerprint density at radius 3 is 2.32 bits per heavy atom. The Morgan fingerprint density at radius 1 is 1.16 bits per heavy atom. The molecule has 1 aromatic carbocycles. The summed E-state index contributed by atoms with van der Waals surface area (Å²) in [7, 11) is 1.63. The molecule has 3 N–H and O–H groups in total. The van der Waals surface area contributed by atoms with Crippen molar-refractivity contribution in [3.8, 4) is 5.75 Å². The SMILES string of the molecule is COc1ccc(CNC(=O)CCN2C[C@H]3C[C@H](O)[C@H](O)C[C@H]3C2)cc1. The maximum absolute atomic E-state index is 12.1. The molecule has 2 aliphatic rings. The number of benzene rings is 1. The van der Waals surface area contributed by atoms with Gasteiger partial charge in [0, 0.05) is 32.6 Å². The van der Waals surface area contributed by atoms with E-state index >= 15 is 0 Å². The number of carbonyl (C=O) groups excluding carboxylic acids is 1. The minimum atomic E-state index is -0.589. The topological polar surface area (TPSA) is 82.0 Å². The molecule has 1 aromatic rings. The monoisotopic (exact) mass is 348 g/mol. The number of hydrogen-bond donors (Lipinski definition) is 3. The molecule has 1 heterocycles. The van der Waals surface area contributed by atoms with Crippen LogP contribution in [-0.2, 0) is 11.3 Å². The van der Waals surface area contributed by atoms with Crippen LogP contribution in [0.3, 0.4) is 0 Å². The van der Waals surface area contributed by atoms with Gasteiger partial charge in [-0.3, -0.25) is 4.79 Å². The molecule has 1 amide bonds. The molecular weight excluding hydrogens is 320 g/mol. The first-order valence-corrected chi connectivity index (χ1v) is 9.03. The number of fused-ring (bicyclic) bond motifs is 1. The van der Waals surface area contributed by atoms with Crippen LogP contribution < -0.4 is 10.1 Å². The van der Waals surface area contributed by atoms with Crippen molar-refractivity contribution in [1.82, 2.24) is 10.2 Å². The number of rotatable bonds is 6. The summed E-state index contributed by atoms with van der Waals surface area (Å²) in [6.07, 6.45) is 0.640. The quantitative estimate of drug-likeness (QED) is 0.707. The second kappa shape index (κ2) is 8.17. The van der Waals surface area contributed by atoms with Crippen LogP contribution in [0.4, 0.5) is 0 Å². The van der Waals surface area contributed by atoms with Crippen LogP contribution in [0.5, 0.6) is 5.75 Å². The third-order valence-electron chi connectivity index (χ3n) is 5.49. The molecule has 0 aromatic heterocycles. The molecule has 6 nitrogen and oxygen atoms in total. The molecule has 6 heteroatoms. The van der Waals surface area contributed by atoms with Crippen molar-refractivity contribution in [2.75, 3.05) is 26.7 Å².